The van der Waals surface area contributed by atoms with E-state index in [1.807, 2.05) is 42.5 Å². The maximum Gasteiger partial charge on any atom is 0.305 e. The Labute approximate surface area is 154 Å². The Balaban J connectivity index is 1.95. The van der Waals surface area contributed by atoms with Gasteiger partial charge in [-0.2, -0.15) is 0 Å². The molecule has 0 aromatic heterocycles. The molecule has 0 fully saturated rings. The van der Waals surface area contributed by atoms with Gasteiger partial charge >= 0.3 is 5.97 Å². The zero-order valence-electron chi connectivity index (χ0n) is 15.2. The second kappa shape index (κ2) is 10.6. The van der Waals surface area contributed by atoms with Gasteiger partial charge in [-0.1, -0.05) is 60.5 Å². The lowest BCUT2D eigenvalue weighted by atomic mass is 10.0. The smallest absolute Gasteiger partial charge is 0.305 e. The zero-order chi connectivity index (χ0) is 18.8. The van der Waals surface area contributed by atoms with Crippen LogP contribution in [0.4, 0.5) is 0 Å². The molecule has 0 spiro atoms. The Bertz CT molecular complexity index is 677. The molecule has 0 aliphatic heterocycles. The van der Waals surface area contributed by atoms with E-state index in [-0.39, 0.29) is 5.97 Å². The zero-order valence-corrected chi connectivity index (χ0v) is 15.2. The fourth-order valence-corrected chi connectivity index (χ4v) is 3.16. The van der Waals surface area contributed by atoms with Crippen molar-refractivity contribution in [2.45, 2.75) is 51.0 Å². The molecule has 1 atom stereocenters. The Morgan fingerprint density at radius 1 is 1.19 bits per heavy atom. The minimum absolute atomic E-state index is 0.172. The number of ether oxygens (including phenoxy) is 1. The SMILES string of the molecule is COC(=O)CCCCCCC1=C(C=Cc2ccccc2)C(O)CC1=NO. The van der Waals surface area contributed by atoms with Crippen LogP contribution < -0.4 is 0 Å². The number of benzene rings is 1. The first-order valence-corrected chi connectivity index (χ1v) is 9.08. The van der Waals surface area contributed by atoms with Crippen LogP contribution in [0.3, 0.4) is 0 Å². The van der Waals surface area contributed by atoms with Gasteiger partial charge < -0.3 is 15.1 Å². The minimum Gasteiger partial charge on any atom is -0.469 e. The van der Waals surface area contributed by atoms with Crippen LogP contribution >= 0.6 is 0 Å². The van der Waals surface area contributed by atoms with Gasteiger partial charge in [-0.05, 0) is 36.0 Å². The van der Waals surface area contributed by atoms with Crippen molar-refractivity contribution in [3.63, 3.8) is 0 Å². The Morgan fingerprint density at radius 2 is 1.92 bits per heavy atom. The summed E-state index contributed by atoms with van der Waals surface area (Å²) in [6.07, 6.45) is 8.48. The number of unbranched alkanes of at least 4 members (excludes halogenated alkanes) is 3. The molecule has 5 nitrogen and oxygen atoms in total. The lowest BCUT2D eigenvalue weighted by Gasteiger charge is -2.06. The summed E-state index contributed by atoms with van der Waals surface area (Å²) in [5.74, 6) is -0.172. The molecule has 0 radical (unpaired) electrons. The second-order valence-electron chi connectivity index (χ2n) is 6.43. The van der Waals surface area contributed by atoms with Crippen molar-refractivity contribution in [1.29, 1.82) is 0 Å². The number of esters is 1. The van der Waals surface area contributed by atoms with E-state index in [1.54, 1.807) is 0 Å². The average molecular weight is 357 g/mol. The average Bonchev–Trinajstić information content (AvgIpc) is 2.98. The second-order valence-corrected chi connectivity index (χ2v) is 6.43. The van der Waals surface area contributed by atoms with Crippen molar-refractivity contribution in [3.05, 3.63) is 53.1 Å². The van der Waals surface area contributed by atoms with Crippen molar-refractivity contribution in [3.8, 4) is 0 Å². The van der Waals surface area contributed by atoms with Gasteiger partial charge in [-0.25, -0.2) is 0 Å². The van der Waals surface area contributed by atoms with E-state index in [4.69, 9.17) is 0 Å². The maximum atomic E-state index is 11.1. The minimum atomic E-state index is -0.629. The highest BCUT2D eigenvalue weighted by Gasteiger charge is 2.27. The molecule has 1 unspecified atom stereocenters. The molecule has 0 saturated carbocycles. The maximum absolute atomic E-state index is 11.1. The van der Waals surface area contributed by atoms with Gasteiger partial charge in [0, 0.05) is 12.8 Å². The van der Waals surface area contributed by atoms with Crippen LogP contribution in [-0.4, -0.2) is 35.2 Å². The van der Waals surface area contributed by atoms with Crippen LogP contribution in [0.2, 0.25) is 0 Å². The molecular weight excluding hydrogens is 330 g/mol. The van der Waals surface area contributed by atoms with Gasteiger partial charge in [0.2, 0.25) is 0 Å². The number of oxime groups is 1. The van der Waals surface area contributed by atoms with E-state index < -0.39 is 6.10 Å². The summed E-state index contributed by atoms with van der Waals surface area (Å²) in [5.41, 5.74) is 3.39. The van der Waals surface area contributed by atoms with Gasteiger partial charge in [-0.3, -0.25) is 4.79 Å². The first-order chi connectivity index (χ1) is 12.7. The summed E-state index contributed by atoms with van der Waals surface area (Å²) >= 11 is 0. The number of aliphatic hydroxyl groups is 1. The highest BCUT2D eigenvalue weighted by molar-refractivity contribution is 6.04. The fourth-order valence-electron chi connectivity index (χ4n) is 3.16. The molecule has 2 N–H and O–H groups in total. The van der Waals surface area contributed by atoms with E-state index in [0.29, 0.717) is 18.6 Å². The molecule has 0 saturated heterocycles. The summed E-state index contributed by atoms with van der Waals surface area (Å²) in [7, 11) is 1.40. The summed E-state index contributed by atoms with van der Waals surface area (Å²) < 4.78 is 4.63. The Hall–Kier alpha value is -2.40. The monoisotopic (exact) mass is 357 g/mol. The quantitative estimate of drug-likeness (QED) is 0.302. The van der Waals surface area contributed by atoms with Crippen molar-refractivity contribution < 1.29 is 19.8 Å². The van der Waals surface area contributed by atoms with Gasteiger partial charge in [-0.15, -0.1) is 0 Å². The van der Waals surface area contributed by atoms with Crippen molar-refractivity contribution >= 4 is 17.8 Å². The molecule has 1 aromatic carbocycles. The summed E-state index contributed by atoms with van der Waals surface area (Å²) in [5, 5.41) is 22.9. The third kappa shape index (κ3) is 5.85. The lowest BCUT2D eigenvalue weighted by Crippen LogP contribution is -2.04. The van der Waals surface area contributed by atoms with Crippen LogP contribution in [0, 0.1) is 0 Å². The highest BCUT2D eigenvalue weighted by Crippen LogP contribution is 2.30. The number of methoxy groups -OCH3 is 1. The third-order valence-corrected chi connectivity index (χ3v) is 4.60. The van der Waals surface area contributed by atoms with Crippen molar-refractivity contribution in [1.82, 2.24) is 0 Å². The molecule has 26 heavy (non-hydrogen) atoms. The van der Waals surface area contributed by atoms with Gasteiger partial charge in [0.1, 0.15) is 0 Å². The van der Waals surface area contributed by atoms with Crippen LogP contribution in [0.25, 0.3) is 6.08 Å². The van der Waals surface area contributed by atoms with E-state index in [9.17, 15) is 15.1 Å². The normalized spacial score (nSPS) is 18.8. The molecule has 0 amide bonds. The molecule has 5 heteroatoms. The van der Waals surface area contributed by atoms with E-state index in [1.165, 1.54) is 7.11 Å². The predicted octanol–water partition coefficient (Wildman–Crippen LogP) is 4.10. The molecule has 1 aromatic rings. The van der Waals surface area contributed by atoms with Crippen molar-refractivity contribution in [2.24, 2.45) is 5.16 Å². The number of nitrogens with zero attached hydrogens (tertiary/aromatic N) is 1. The standard InChI is InChI=1S/C21H27NO4/c1-26-21(24)12-8-3-2-7-11-17-18(20(23)15-19(17)22-25)14-13-16-9-5-4-6-10-16/h4-6,9-10,13-14,20,23,25H,2-3,7-8,11-12,15H2,1H3. The number of hydrogen-bond donors (Lipinski definition) is 2. The summed E-state index contributed by atoms with van der Waals surface area (Å²) in [6, 6.07) is 9.90. The van der Waals surface area contributed by atoms with Gasteiger partial charge in [0.05, 0.1) is 18.9 Å². The number of rotatable bonds is 9. The van der Waals surface area contributed by atoms with E-state index in [0.717, 1.165) is 48.8 Å². The van der Waals surface area contributed by atoms with Crippen LogP contribution in [0.15, 0.2) is 52.7 Å². The first kappa shape index (κ1) is 19.9. The topological polar surface area (TPSA) is 79.1 Å². The Kier molecular flexibility index (Phi) is 8.09. The summed E-state index contributed by atoms with van der Waals surface area (Å²) in [6.45, 7) is 0. The van der Waals surface area contributed by atoms with Gasteiger partial charge in [0.25, 0.3) is 0 Å². The van der Waals surface area contributed by atoms with E-state index in [2.05, 4.69) is 9.89 Å². The van der Waals surface area contributed by atoms with Crippen molar-refractivity contribution in [2.75, 3.05) is 7.11 Å². The molecule has 1 aliphatic rings. The van der Waals surface area contributed by atoms with Crippen LogP contribution in [0.1, 0.15) is 50.5 Å². The largest absolute Gasteiger partial charge is 0.469 e. The molecule has 0 bridgehead atoms. The number of allylic oxidation sites excluding steroid dienone is 1. The molecule has 2 rings (SSSR count). The van der Waals surface area contributed by atoms with Gasteiger partial charge in [0.15, 0.2) is 0 Å². The predicted molar refractivity (Wildman–Crippen MR) is 102 cm³/mol. The number of hydrogen-bond acceptors (Lipinski definition) is 5. The van der Waals surface area contributed by atoms with Crippen LogP contribution in [0.5, 0.6) is 0 Å². The lowest BCUT2D eigenvalue weighted by molar-refractivity contribution is -0.140. The number of carbonyl (C=O) groups excluding carboxylic acids is 1. The molecular formula is C21H27NO4. The summed E-state index contributed by atoms with van der Waals surface area (Å²) in [4.78, 5) is 11.1. The third-order valence-electron chi connectivity index (χ3n) is 4.60. The van der Waals surface area contributed by atoms with E-state index >= 15 is 0 Å². The highest BCUT2D eigenvalue weighted by atomic mass is 16.5. The number of aliphatic hydroxyl groups excluding tert-OH is 1. The number of carbonyl (C=O) groups is 1. The molecule has 0 heterocycles. The Morgan fingerprint density at radius 3 is 2.62 bits per heavy atom. The molecule has 140 valence electrons. The molecule has 1 aliphatic carbocycles. The first-order valence-electron chi connectivity index (χ1n) is 9.08. The van der Waals surface area contributed by atoms with Crippen LogP contribution in [-0.2, 0) is 9.53 Å². The fraction of sp³-hybridized carbons (Fsp3) is 0.429.